The summed E-state index contributed by atoms with van der Waals surface area (Å²) >= 11 is 8.66. The van der Waals surface area contributed by atoms with Crippen LogP contribution in [-0.4, -0.2) is 24.2 Å². The molecule has 0 aliphatic heterocycles. The minimum absolute atomic E-state index is 0.220. The largest absolute Gasteiger partial charge is 0.492 e. The van der Waals surface area contributed by atoms with Crippen molar-refractivity contribution in [3.63, 3.8) is 0 Å². The van der Waals surface area contributed by atoms with Crippen LogP contribution in [0.3, 0.4) is 0 Å². The summed E-state index contributed by atoms with van der Waals surface area (Å²) < 4.78 is 6.51. The topological polar surface area (TPSA) is 50.4 Å². The maximum Gasteiger partial charge on any atom is 0.257 e. The lowest BCUT2D eigenvalue weighted by molar-refractivity contribution is 0.0976. The number of hydrogen-bond donors (Lipinski definition) is 2. The fraction of sp³-hybridized carbons (Fsp3) is 0.600. The second-order valence-electron chi connectivity index (χ2n) is 6.80. The van der Waals surface area contributed by atoms with Crippen LogP contribution in [0.2, 0.25) is 0 Å². The number of thiocarbonyl (C=S) groups is 1. The van der Waals surface area contributed by atoms with Gasteiger partial charge in [-0.1, -0.05) is 46.5 Å². The number of halogens is 1. The monoisotopic (exact) mass is 442 g/mol. The number of carbonyl (C=O) groups is 1. The third kappa shape index (κ3) is 9.53. The molecule has 1 amide bonds. The fourth-order valence-corrected chi connectivity index (χ4v) is 3.00. The van der Waals surface area contributed by atoms with Crippen molar-refractivity contribution < 1.29 is 9.53 Å². The van der Waals surface area contributed by atoms with Gasteiger partial charge in [0.1, 0.15) is 5.75 Å². The smallest absolute Gasteiger partial charge is 0.257 e. The van der Waals surface area contributed by atoms with Gasteiger partial charge >= 0.3 is 0 Å². The highest BCUT2D eigenvalue weighted by atomic mass is 79.9. The van der Waals surface area contributed by atoms with Crippen molar-refractivity contribution in [1.82, 2.24) is 10.6 Å². The number of ether oxygens (including phenoxy) is 1. The normalized spacial score (nSPS) is 10.7. The van der Waals surface area contributed by atoms with Gasteiger partial charge in [0.15, 0.2) is 5.11 Å². The van der Waals surface area contributed by atoms with Crippen LogP contribution < -0.4 is 15.4 Å². The van der Waals surface area contributed by atoms with E-state index in [4.69, 9.17) is 17.0 Å². The number of carbonyl (C=O) groups excluding carboxylic acids is 1. The summed E-state index contributed by atoms with van der Waals surface area (Å²) in [7, 11) is 0. The standard InChI is InChI=1S/C20H31BrN2O2S/c1-4-5-6-7-8-12-22-20(26)23-19(24)16-9-10-18(17(21)14-16)25-13-11-15(2)3/h9-10,14-15H,4-8,11-13H2,1-3H3,(H2,22,23,24,26). The van der Waals surface area contributed by atoms with Gasteiger partial charge in [-0.25, -0.2) is 0 Å². The van der Waals surface area contributed by atoms with E-state index in [0.717, 1.165) is 29.6 Å². The predicted molar refractivity (Wildman–Crippen MR) is 116 cm³/mol. The SMILES string of the molecule is CCCCCCCNC(=S)NC(=O)c1ccc(OCCC(C)C)c(Br)c1. The van der Waals surface area contributed by atoms with Crippen LogP contribution in [0.1, 0.15) is 69.7 Å². The predicted octanol–water partition coefficient (Wildman–Crippen LogP) is 5.45. The number of benzene rings is 1. The van der Waals surface area contributed by atoms with Gasteiger partial charge in [0.05, 0.1) is 11.1 Å². The van der Waals surface area contributed by atoms with Crippen LogP contribution in [0.15, 0.2) is 22.7 Å². The lowest BCUT2D eigenvalue weighted by Crippen LogP contribution is -2.39. The van der Waals surface area contributed by atoms with Crippen molar-refractivity contribution in [2.45, 2.75) is 59.3 Å². The molecule has 0 fully saturated rings. The first-order chi connectivity index (χ1) is 12.4. The fourth-order valence-electron chi connectivity index (χ4n) is 2.31. The molecule has 0 heterocycles. The molecule has 1 rings (SSSR count). The summed E-state index contributed by atoms with van der Waals surface area (Å²) in [5.74, 6) is 1.12. The average molecular weight is 443 g/mol. The molecule has 0 saturated heterocycles. The zero-order valence-electron chi connectivity index (χ0n) is 16.1. The molecular formula is C20H31BrN2O2S. The van der Waals surface area contributed by atoms with Gasteiger partial charge in [0, 0.05) is 12.1 Å². The Morgan fingerprint density at radius 1 is 1.23 bits per heavy atom. The zero-order chi connectivity index (χ0) is 19.4. The molecule has 1 aromatic rings. The Hall–Kier alpha value is -1.14. The Morgan fingerprint density at radius 3 is 2.62 bits per heavy atom. The molecule has 26 heavy (non-hydrogen) atoms. The second-order valence-corrected chi connectivity index (χ2v) is 8.06. The van der Waals surface area contributed by atoms with E-state index in [2.05, 4.69) is 47.3 Å². The number of unbranched alkanes of at least 4 members (excludes halogenated alkanes) is 4. The highest BCUT2D eigenvalue weighted by molar-refractivity contribution is 9.10. The Morgan fingerprint density at radius 2 is 1.96 bits per heavy atom. The molecule has 6 heteroatoms. The Balaban J connectivity index is 2.39. The number of hydrogen-bond acceptors (Lipinski definition) is 3. The van der Waals surface area contributed by atoms with E-state index < -0.39 is 0 Å². The Bertz CT molecular complexity index is 579. The Kier molecular flexibility index (Phi) is 11.5. The van der Waals surface area contributed by atoms with Gasteiger partial charge in [-0.3, -0.25) is 10.1 Å². The van der Waals surface area contributed by atoms with Crippen LogP contribution in [0.4, 0.5) is 0 Å². The summed E-state index contributed by atoms with van der Waals surface area (Å²) in [5, 5.41) is 6.18. The number of nitrogens with one attached hydrogen (secondary N) is 2. The molecule has 0 bridgehead atoms. The molecule has 0 aromatic heterocycles. The number of rotatable bonds is 11. The van der Waals surface area contributed by atoms with Crippen LogP contribution in [0, 0.1) is 5.92 Å². The summed E-state index contributed by atoms with van der Waals surface area (Å²) in [4.78, 5) is 12.3. The lowest BCUT2D eigenvalue weighted by atomic mass is 10.1. The highest BCUT2D eigenvalue weighted by Crippen LogP contribution is 2.26. The van der Waals surface area contributed by atoms with E-state index >= 15 is 0 Å². The summed E-state index contributed by atoms with van der Waals surface area (Å²) in [6.07, 6.45) is 6.99. The van der Waals surface area contributed by atoms with Crippen LogP contribution in [0.25, 0.3) is 0 Å². The lowest BCUT2D eigenvalue weighted by Gasteiger charge is -2.12. The maximum absolute atomic E-state index is 12.3. The van der Waals surface area contributed by atoms with Gasteiger partial charge in [-0.05, 0) is 65.1 Å². The number of amides is 1. The summed E-state index contributed by atoms with van der Waals surface area (Å²) in [6, 6.07) is 5.31. The van der Waals surface area contributed by atoms with Crippen molar-refractivity contribution in [1.29, 1.82) is 0 Å². The average Bonchev–Trinajstić information content (AvgIpc) is 2.59. The van der Waals surface area contributed by atoms with E-state index in [1.807, 2.05) is 6.07 Å². The van der Waals surface area contributed by atoms with Gasteiger partial charge in [-0.15, -0.1) is 0 Å². The third-order valence-corrected chi connectivity index (χ3v) is 4.81. The molecule has 0 aliphatic rings. The first-order valence-electron chi connectivity index (χ1n) is 9.45. The minimum atomic E-state index is -0.220. The minimum Gasteiger partial charge on any atom is -0.492 e. The van der Waals surface area contributed by atoms with Gasteiger partial charge in [0.2, 0.25) is 0 Å². The van der Waals surface area contributed by atoms with Gasteiger partial charge < -0.3 is 10.1 Å². The Labute approximate surface area is 171 Å². The molecule has 0 radical (unpaired) electrons. The first kappa shape index (κ1) is 22.9. The maximum atomic E-state index is 12.3. The molecule has 2 N–H and O–H groups in total. The molecule has 146 valence electrons. The quantitative estimate of drug-likeness (QED) is 0.353. The van der Waals surface area contributed by atoms with Crippen molar-refractivity contribution in [2.75, 3.05) is 13.2 Å². The van der Waals surface area contributed by atoms with Crippen molar-refractivity contribution >= 4 is 39.2 Å². The van der Waals surface area contributed by atoms with E-state index in [0.29, 0.717) is 23.2 Å². The van der Waals surface area contributed by atoms with Gasteiger partial charge in [-0.2, -0.15) is 0 Å². The van der Waals surface area contributed by atoms with Crippen molar-refractivity contribution in [2.24, 2.45) is 5.92 Å². The molecular weight excluding hydrogens is 412 g/mol. The molecule has 0 saturated carbocycles. The first-order valence-corrected chi connectivity index (χ1v) is 10.7. The van der Waals surface area contributed by atoms with Crippen LogP contribution in [0.5, 0.6) is 5.75 Å². The molecule has 0 unspecified atom stereocenters. The summed E-state index contributed by atoms with van der Waals surface area (Å²) in [6.45, 7) is 7.97. The molecule has 0 spiro atoms. The third-order valence-electron chi connectivity index (χ3n) is 3.94. The van der Waals surface area contributed by atoms with Crippen LogP contribution >= 0.6 is 28.1 Å². The molecule has 1 aromatic carbocycles. The highest BCUT2D eigenvalue weighted by Gasteiger charge is 2.11. The van der Waals surface area contributed by atoms with Crippen molar-refractivity contribution in [3.8, 4) is 5.75 Å². The van der Waals surface area contributed by atoms with E-state index in [1.165, 1.54) is 25.7 Å². The second kappa shape index (κ2) is 13.1. The molecule has 0 aliphatic carbocycles. The van der Waals surface area contributed by atoms with Gasteiger partial charge in [0.25, 0.3) is 5.91 Å². The molecule has 4 nitrogen and oxygen atoms in total. The summed E-state index contributed by atoms with van der Waals surface area (Å²) in [5.41, 5.74) is 0.542. The zero-order valence-corrected chi connectivity index (χ0v) is 18.5. The molecule has 0 atom stereocenters. The van der Waals surface area contributed by atoms with Crippen molar-refractivity contribution in [3.05, 3.63) is 28.2 Å². The van der Waals surface area contributed by atoms with E-state index in [1.54, 1.807) is 12.1 Å². The van der Waals surface area contributed by atoms with Crippen LogP contribution in [-0.2, 0) is 0 Å². The van der Waals surface area contributed by atoms with E-state index in [9.17, 15) is 4.79 Å². The van der Waals surface area contributed by atoms with E-state index in [-0.39, 0.29) is 5.91 Å².